The van der Waals surface area contributed by atoms with Gasteiger partial charge in [0.2, 0.25) is 0 Å². The average Bonchev–Trinajstić information content (AvgIpc) is 2.69. The molecule has 28 heavy (non-hydrogen) atoms. The fraction of sp³-hybridized carbons (Fsp3) is 0.0952. The molecule has 7 heteroatoms. The maximum Gasteiger partial charge on any atom is 0.263 e. The number of amides is 1. The molecule has 0 aromatic heterocycles. The van der Waals surface area contributed by atoms with Gasteiger partial charge in [0.15, 0.2) is 0 Å². The van der Waals surface area contributed by atoms with Crippen molar-refractivity contribution in [2.24, 2.45) is 0 Å². The van der Waals surface area contributed by atoms with E-state index in [-0.39, 0.29) is 21.4 Å². The van der Waals surface area contributed by atoms with Crippen LogP contribution >= 0.6 is 11.6 Å². The first kappa shape index (κ1) is 19.9. The molecule has 0 unspecified atom stereocenters. The van der Waals surface area contributed by atoms with Crippen LogP contribution in [0.5, 0.6) is 0 Å². The van der Waals surface area contributed by atoms with Crippen LogP contribution in [0.3, 0.4) is 0 Å². The van der Waals surface area contributed by atoms with Crippen LogP contribution in [-0.4, -0.2) is 21.4 Å². The number of benzene rings is 3. The Morgan fingerprint density at radius 3 is 2.29 bits per heavy atom. The molecule has 0 bridgehead atoms. The highest BCUT2D eigenvalue weighted by atomic mass is 35.5. The van der Waals surface area contributed by atoms with Gasteiger partial charge in [0.05, 0.1) is 10.7 Å². The standard InChI is InChI=1S/C21H19ClN2O3S/c1-15-8-6-7-11-19(15)23-28(26,27)20-14-16(12-13-18(20)22)21(25)24(2)17-9-4-3-5-10-17/h3-14,23H,1-2H3. The van der Waals surface area contributed by atoms with Crippen molar-refractivity contribution in [1.82, 2.24) is 0 Å². The van der Waals surface area contributed by atoms with Gasteiger partial charge < -0.3 is 4.90 Å². The SMILES string of the molecule is Cc1ccccc1NS(=O)(=O)c1cc(C(=O)N(C)c2ccccc2)ccc1Cl. The molecule has 144 valence electrons. The summed E-state index contributed by atoms with van der Waals surface area (Å²) in [5, 5.41) is 0.0417. The lowest BCUT2D eigenvalue weighted by molar-refractivity contribution is 0.0993. The van der Waals surface area contributed by atoms with Gasteiger partial charge >= 0.3 is 0 Å². The molecular formula is C21H19ClN2O3S. The van der Waals surface area contributed by atoms with E-state index in [0.29, 0.717) is 11.4 Å². The molecule has 0 aliphatic heterocycles. The molecule has 0 atom stereocenters. The number of carbonyl (C=O) groups excluding carboxylic acids is 1. The van der Waals surface area contributed by atoms with Gasteiger partial charge in [-0.15, -0.1) is 0 Å². The van der Waals surface area contributed by atoms with Crippen LogP contribution in [0.1, 0.15) is 15.9 Å². The van der Waals surface area contributed by atoms with Crippen molar-refractivity contribution in [3.63, 3.8) is 0 Å². The Balaban J connectivity index is 1.95. The first-order valence-corrected chi connectivity index (χ1v) is 10.4. The minimum absolute atomic E-state index is 0.0417. The predicted octanol–water partition coefficient (Wildman–Crippen LogP) is 4.73. The molecule has 0 saturated heterocycles. The summed E-state index contributed by atoms with van der Waals surface area (Å²) in [6.07, 6.45) is 0. The van der Waals surface area contributed by atoms with E-state index in [0.717, 1.165) is 5.56 Å². The fourth-order valence-corrected chi connectivity index (χ4v) is 4.35. The van der Waals surface area contributed by atoms with Gasteiger partial charge in [-0.2, -0.15) is 0 Å². The van der Waals surface area contributed by atoms with Crippen molar-refractivity contribution in [2.75, 3.05) is 16.7 Å². The smallest absolute Gasteiger partial charge is 0.263 e. The summed E-state index contributed by atoms with van der Waals surface area (Å²) in [4.78, 5) is 14.1. The molecular weight excluding hydrogens is 396 g/mol. The van der Waals surface area contributed by atoms with Gasteiger partial charge in [0.25, 0.3) is 15.9 Å². The zero-order valence-corrected chi connectivity index (χ0v) is 17.0. The second-order valence-corrected chi connectivity index (χ2v) is 8.32. The molecule has 1 N–H and O–H groups in total. The van der Waals surface area contributed by atoms with E-state index >= 15 is 0 Å². The zero-order chi connectivity index (χ0) is 20.3. The summed E-state index contributed by atoms with van der Waals surface area (Å²) in [7, 11) is -2.33. The quantitative estimate of drug-likeness (QED) is 0.656. The molecule has 3 aromatic rings. The Morgan fingerprint density at radius 2 is 1.61 bits per heavy atom. The number of hydrogen-bond donors (Lipinski definition) is 1. The normalized spacial score (nSPS) is 11.1. The highest BCUT2D eigenvalue weighted by Crippen LogP contribution is 2.27. The van der Waals surface area contributed by atoms with E-state index in [2.05, 4.69) is 4.72 Å². The zero-order valence-electron chi connectivity index (χ0n) is 15.4. The molecule has 0 aliphatic carbocycles. The van der Waals surface area contributed by atoms with Crippen LogP contribution in [-0.2, 0) is 10.0 Å². The lowest BCUT2D eigenvalue weighted by Gasteiger charge is -2.18. The van der Waals surface area contributed by atoms with Gasteiger partial charge in [-0.05, 0) is 48.9 Å². The molecule has 0 saturated carbocycles. The molecule has 1 amide bonds. The molecule has 3 aromatic carbocycles. The predicted molar refractivity (Wildman–Crippen MR) is 113 cm³/mol. The Labute approximate surface area is 169 Å². The van der Waals surface area contributed by atoms with Crippen molar-refractivity contribution in [2.45, 2.75) is 11.8 Å². The topological polar surface area (TPSA) is 66.5 Å². The van der Waals surface area contributed by atoms with Crippen molar-refractivity contribution < 1.29 is 13.2 Å². The summed E-state index contributed by atoms with van der Waals surface area (Å²) in [5.41, 5.74) is 2.15. The summed E-state index contributed by atoms with van der Waals surface area (Å²) in [5.74, 6) is -0.338. The second kappa shape index (κ2) is 8.04. The number of para-hydroxylation sites is 2. The summed E-state index contributed by atoms with van der Waals surface area (Å²) in [6.45, 7) is 1.80. The van der Waals surface area contributed by atoms with Gasteiger partial charge in [-0.25, -0.2) is 8.42 Å². The third-order valence-electron chi connectivity index (χ3n) is 4.31. The lowest BCUT2D eigenvalue weighted by Crippen LogP contribution is -2.26. The van der Waals surface area contributed by atoms with E-state index in [4.69, 9.17) is 11.6 Å². The van der Waals surface area contributed by atoms with Crippen LogP contribution in [0.15, 0.2) is 77.7 Å². The molecule has 0 radical (unpaired) electrons. The van der Waals surface area contributed by atoms with Crippen molar-refractivity contribution in [3.05, 3.63) is 88.9 Å². The van der Waals surface area contributed by atoms with Crippen LogP contribution in [0, 0.1) is 6.92 Å². The number of nitrogens with one attached hydrogen (secondary N) is 1. The Hall–Kier alpha value is -2.83. The van der Waals surface area contributed by atoms with Gasteiger partial charge in [-0.3, -0.25) is 9.52 Å². The molecule has 5 nitrogen and oxygen atoms in total. The first-order chi connectivity index (χ1) is 13.3. The van der Waals surface area contributed by atoms with Gasteiger partial charge in [0.1, 0.15) is 4.90 Å². The second-order valence-electron chi connectivity index (χ2n) is 6.27. The van der Waals surface area contributed by atoms with E-state index in [9.17, 15) is 13.2 Å². The first-order valence-electron chi connectivity index (χ1n) is 8.51. The van der Waals surface area contributed by atoms with E-state index in [1.165, 1.54) is 23.1 Å². The van der Waals surface area contributed by atoms with E-state index in [1.807, 2.05) is 24.3 Å². The minimum atomic E-state index is -3.97. The summed E-state index contributed by atoms with van der Waals surface area (Å²) < 4.78 is 28.3. The largest absolute Gasteiger partial charge is 0.311 e. The average molecular weight is 415 g/mol. The number of carbonyl (C=O) groups is 1. The summed E-state index contributed by atoms with van der Waals surface area (Å²) >= 11 is 6.14. The fourth-order valence-electron chi connectivity index (χ4n) is 2.69. The number of rotatable bonds is 5. The lowest BCUT2D eigenvalue weighted by atomic mass is 10.2. The number of nitrogens with zero attached hydrogens (tertiary/aromatic N) is 1. The third-order valence-corrected chi connectivity index (χ3v) is 6.15. The summed E-state index contributed by atoms with van der Waals surface area (Å²) in [6, 6.07) is 20.3. The molecule has 0 heterocycles. The van der Waals surface area contributed by atoms with Gasteiger partial charge in [0, 0.05) is 18.3 Å². The Kier molecular flexibility index (Phi) is 5.72. The number of halogens is 1. The van der Waals surface area contributed by atoms with Crippen molar-refractivity contribution in [3.8, 4) is 0 Å². The van der Waals surface area contributed by atoms with E-state index < -0.39 is 10.0 Å². The van der Waals surface area contributed by atoms with Crippen LogP contribution < -0.4 is 9.62 Å². The third kappa shape index (κ3) is 4.18. The monoisotopic (exact) mass is 414 g/mol. The minimum Gasteiger partial charge on any atom is -0.311 e. The molecule has 0 aliphatic rings. The van der Waals surface area contributed by atoms with Crippen LogP contribution in [0.25, 0.3) is 0 Å². The Morgan fingerprint density at radius 1 is 0.964 bits per heavy atom. The van der Waals surface area contributed by atoms with Crippen LogP contribution in [0.4, 0.5) is 11.4 Å². The Bertz CT molecular complexity index is 1120. The highest BCUT2D eigenvalue weighted by molar-refractivity contribution is 7.92. The maximum absolute atomic E-state index is 12.9. The number of hydrogen-bond acceptors (Lipinski definition) is 3. The number of sulfonamides is 1. The van der Waals surface area contributed by atoms with E-state index in [1.54, 1.807) is 44.3 Å². The highest BCUT2D eigenvalue weighted by Gasteiger charge is 2.22. The molecule has 0 spiro atoms. The van der Waals surface area contributed by atoms with Crippen molar-refractivity contribution in [1.29, 1.82) is 0 Å². The van der Waals surface area contributed by atoms with Crippen LogP contribution in [0.2, 0.25) is 5.02 Å². The molecule has 3 rings (SSSR count). The number of anilines is 2. The maximum atomic E-state index is 12.9. The molecule has 0 fully saturated rings. The van der Waals surface area contributed by atoms with Gasteiger partial charge in [-0.1, -0.05) is 48.0 Å². The number of aryl methyl sites for hydroxylation is 1. The van der Waals surface area contributed by atoms with Crippen molar-refractivity contribution >= 4 is 38.9 Å².